The molecule has 0 spiro atoms. The molecule has 0 saturated carbocycles. The van der Waals surface area contributed by atoms with Gasteiger partial charge < -0.3 is 5.11 Å². The summed E-state index contributed by atoms with van der Waals surface area (Å²) >= 11 is 4.33. The maximum absolute atomic E-state index is 10.6. The highest BCUT2D eigenvalue weighted by Crippen LogP contribution is 2.12. The van der Waals surface area contributed by atoms with Crippen molar-refractivity contribution < 1.29 is 9.90 Å². The Morgan fingerprint density at radius 3 is 2.54 bits per heavy atom. The number of benzene rings is 1. The summed E-state index contributed by atoms with van der Waals surface area (Å²) in [5.41, 5.74) is 0.437. The van der Waals surface area contributed by atoms with Gasteiger partial charge in [-0.2, -0.15) is 5.01 Å². The van der Waals surface area contributed by atoms with Gasteiger partial charge in [0, 0.05) is 0 Å². The minimum absolute atomic E-state index is 0.437. The molecular weight excluding hydrogens is 188 g/mol. The van der Waals surface area contributed by atoms with E-state index in [-0.39, 0.29) is 0 Å². The van der Waals surface area contributed by atoms with Gasteiger partial charge in [-0.15, -0.1) is 5.10 Å². The number of nitrogens with zero attached hydrogens (tertiary/aromatic N) is 2. The average molecular weight is 194 g/mol. The second-order valence-corrected chi connectivity index (χ2v) is 2.30. The number of isothiocyanates is 1. The zero-order valence-electron chi connectivity index (χ0n) is 6.54. The quantitative estimate of drug-likeness (QED) is 0.446. The van der Waals surface area contributed by atoms with Crippen molar-refractivity contribution in [1.82, 2.24) is 0 Å². The molecule has 0 aliphatic heterocycles. The van der Waals surface area contributed by atoms with Crippen LogP contribution in [0.3, 0.4) is 0 Å². The van der Waals surface area contributed by atoms with Crippen LogP contribution in [-0.2, 0) is 0 Å². The van der Waals surface area contributed by atoms with Crippen LogP contribution in [0.15, 0.2) is 35.4 Å². The number of hydrogen-bond donors (Lipinski definition) is 1. The molecule has 0 aliphatic carbocycles. The SMILES string of the molecule is O=C(O)N(N=C=S)c1ccccc1. The molecule has 0 unspecified atom stereocenters. The van der Waals surface area contributed by atoms with E-state index in [2.05, 4.69) is 17.3 Å². The summed E-state index contributed by atoms with van der Waals surface area (Å²) < 4.78 is 0. The van der Waals surface area contributed by atoms with Gasteiger partial charge in [-0.05, 0) is 24.4 Å². The van der Waals surface area contributed by atoms with E-state index in [9.17, 15) is 4.79 Å². The van der Waals surface area contributed by atoms with E-state index in [4.69, 9.17) is 5.11 Å². The molecule has 66 valence electrons. The van der Waals surface area contributed by atoms with Crippen molar-refractivity contribution >= 4 is 29.2 Å². The van der Waals surface area contributed by atoms with Crippen LogP contribution in [0.25, 0.3) is 0 Å². The molecule has 0 atom stereocenters. The first-order valence-corrected chi connectivity index (χ1v) is 3.82. The normalized spacial score (nSPS) is 8.62. The van der Waals surface area contributed by atoms with E-state index in [0.717, 1.165) is 5.01 Å². The summed E-state index contributed by atoms with van der Waals surface area (Å²) in [5, 5.41) is 14.9. The Balaban J connectivity index is 3.02. The molecule has 1 N–H and O–H groups in total. The Morgan fingerprint density at radius 2 is 2.08 bits per heavy atom. The van der Waals surface area contributed by atoms with Gasteiger partial charge in [0.05, 0.1) is 10.8 Å². The maximum atomic E-state index is 10.6. The third-order valence-electron chi connectivity index (χ3n) is 1.32. The van der Waals surface area contributed by atoms with Crippen molar-refractivity contribution in [1.29, 1.82) is 0 Å². The van der Waals surface area contributed by atoms with Crippen molar-refractivity contribution in [3.05, 3.63) is 30.3 Å². The number of anilines is 1. The maximum Gasteiger partial charge on any atom is 0.433 e. The van der Waals surface area contributed by atoms with Crippen LogP contribution in [0.2, 0.25) is 0 Å². The van der Waals surface area contributed by atoms with Crippen LogP contribution < -0.4 is 5.01 Å². The smallest absolute Gasteiger partial charge is 0.433 e. The molecule has 0 bridgehead atoms. The Morgan fingerprint density at radius 1 is 1.46 bits per heavy atom. The number of carboxylic acid groups (broad SMARTS) is 1. The lowest BCUT2D eigenvalue weighted by Crippen LogP contribution is -2.22. The molecule has 0 fully saturated rings. The van der Waals surface area contributed by atoms with E-state index in [1.807, 2.05) is 5.16 Å². The molecule has 1 amide bonds. The largest absolute Gasteiger partial charge is 0.463 e. The lowest BCUT2D eigenvalue weighted by molar-refractivity contribution is 0.202. The fourth-order valence-electron chi connectivity index (χ4n) is 0.821. The predicted molar refractivity (Wildman–Crippen MR) is 52.0 cm³/mol. The lowest BCUT2D eigenvalue weighted by atomic mass is 10.3. The molecule has 1 rings (SSSR count). The molecule has 0 heterocycles. The van der Waals surface area contributed by atoms with Crippen LogP contribution in [0.5, 0.6) is 0 Å². The molecule has 0 radical (unpaired) electrons. The molecular formula is C8H6N2O2S. The first-order valence-electron chi connectivity index (χ1n) is 3.41. The molecule has 0 aromatic heterocycles. The first-order chi connectivity index (χ1) is 6.25. The van der Waals surface area contributed by atoms with Gasteiger partial charge in [0.25, 0.3) is 0 Å². The Bertz CT molecular complexity index is 344. The van der Waals surface area contributed by atoms with Gasteiger partial charge in [0.2, 0.25) is 0 Å². The Kier molecular flexibility index (Phi) is 3.14. The highest BCUT2D eigenvalue weighted by molar-refractivity contribution is 7.78. The van der Waals surface area contributed by atoms with Crippen molar-refractivity contribution in [2.45, 2.75) is 0 Å². The van der Waals surface area contributed by atoms with E-state index < -0.39 is 6.09 Å². The first kappa shape index (κ1) is 9.38. The van der Waals surface area contributed by atoms with Crippen molar-refractivity contribution in [2.75, 3.05) is 5.01 Å². The Hall–Kier alpha value is -1.71. The molecule has 4 nitrogen and oxygen atoms in total. The predicted octanol–water partition coefficient (Wildman–Crippen LogP) is 2.19. The van der Waals surface area contributed by atoms with Crippen LogP contribution in [0.4, 0.5) is 10.5 Å². The minimum Gasteiger partial charge on any atom is -0.463 e. The number of carbonyl (C=O) groups is 1. The summed E-state index contributed by atoms with van der Waals surface area (Å²) in [6, 6.07) is 8.44. The molecule has 0 aliphatic rings. The van der Waals surface area contributed by atoms with Gasteiger partial charge in [0.15, 0.2) is 0 Å². The van der Waals surface area contributed by atoms with Crippen LogP contribution in [0.1, 0.15) is 0 Å². The van der Waals surface area contributed by atoms with E-state index in [0.29, 0.717) is 5.69 Å². The van der Waals surface area contributed by atoms with Gasteiger partial charge in [-0.3, -0.25) is 0 Å². The molecule has 1 aromatic carbocycles. The number of hydrazone groups is 1. The van der Waals surface area contributed by atoms with E-state index in [1.54, 1.807) is 30.3 Å². The average Bonchev–Trinajstić information content (AvgIpc) is 2.15. The summed E-state index contributed by atoms with van der Waals surface area (Å²) in [7, 11) is 0. The van der Waals surface area contributed by atoms with E-state index in [1.165, 1.54) is 0 Å². The highest BCUT2D eigenvalue weighted by atomic mass is 32.1. The zero-order valence-corrected chi connectivity index (χ0v) is 7.36. The number of amides is 1. The fraction of sp³-hybridized carbons (Fsp3) is 0. The second kappa shape index (κ2) is 4.35. The fourth-order valence-corrected chi connectivity index (χ4v) is 0.903. The van der Waals surface area contributed by atoms with Gasteiger partial charge in [0.1, 0.15) is 0 Å². The van der Waals surface area contributed by atoms with Crippen molar-refractivity contribution in [3.63, 3.8) is 0 Å². The highest BCUT2D eigenvalue weighted by Gasteiger charge is 2.11. The number of thiocarbonyl (C=S) groups is 1. The lowest BCUT2D eigenvalue weighted by Gasteiger charge is -2.09. The third-order valence-corrected chi connectivity index (χ3v) is 1.40. The summed E-state index contributed by atoms with van der Waals surface area (Å²) in [6.45, 7) is 0. The summed E-state index contributed by atoms with van der Waals surface area (Å²) in [5.74, 6) is 0. The minimum atomic E-state index is -1.19. The monoisotopic (exact) mass is 194 g/mol. The zero-order chi connectivity index (χ0) is 9.68. The van der Waals surface area contributed by atoms with Crippen molar-refractivity contribution in [3.8, 4) is 0 Å². The van der Waals surface area contributed by atoms with Crippen molar-refractivity contribution in [2.24, 2.45) is 5.10 Å². The third kappa shape index (κ3) is 2.37. The topological polar surface area (TPSA) is 52.9 Å². The van der Waals surface area contributed by atoms with Gasteiger partial charge >= 0.3 is 6.09 Å². The standard InChI is InChI=1S/C8H6N2O2S/c11-8(12)10(9-6-13)7-4-2-1-3-5-7/h1-5H,(H,11,12). The molecule has 0 saturated heterocycles. The van der Waals surface area contributed by atoms with Crippen LogP contribution in [-0.4, -0.2) is 16.4 Å². The van der Waals surface area contributed by atoms with Crippen LogP contribution >= 0.6 is 12.2 Å². The number of rotatable bonds is 2. The second-order valence-electron chi connectivity index (χ2n) is 2.12. The molecule has 5 heteroatoms. The Labute approximate surface area is 80.1 Å². The number of para-hydroxylation sites is 1. The molecule has 1 aromatic rings. The molecule has 13 heavy (non-hydrogen) atoms. The van der Waals surface area contributed by atoms with Gasteiger partial charge in [-0.1, -0.05) is 18.2 Å². The summed E-state index contributed by atoms with van der Waals surface area (Å²) in [4.78, 5) is 10.6. The van der Waals surface area contributed by atoms with Crippen LogP contribution in [0, 0.1) is 0 Å². The summed E-state index contributed by atoms with van der Waals surface area (Å²) in [6.07, 6.45) is -1.19. The number of hydrogen-bond acceptors (Lipinski definition) is 3. The van der Waals surface area contributed by atoms with Gasteiger partial charge in [-0.25, -0.2) is 4.79 Å². The van der Waals surface area contributed by atoms with E-state index >= 15 is 0 Å².